The minimum absolute atomic E-state index is 0.777. The maximum Gasteiger partial charge on any atom is 0.167 e. The number of fused-ring (bicyclic) bond motifs is 2. The average molecular weight is 235 g/mol. The third kappa shape index (κ3) is 1.20. The van der Waals surface area contributed by atoms with Gasteiger partial charge >= 0.3 is 0 Å². The Bertz CT molecular complexity index is 844. The SMILES string of the molecule is c1ccc2c(-c3cccc4oncc34)n[nH]c2c1. The molecule has 0 aliphatic heterocycles. The van der Waals surface area contributed by atoms with E-state index < -0.39 is 0 Å². The summed E-state index contributed by atoms with van der Waals surface area (Å²) < 4.78 is 5.18. The van der Waals surface area contributed by atoms with Crippen molar-refractivity contribution in [2.75, 3.05) is 0 Å². The maximum atomic E-state index is 5.18. The van der Waals surface area contributed by atoms with Gasteiger partial charge in [-0.25, -0.2) is 0 Å². The smallest absolute Gasteiger partial charge is 0.167 e. The minimum atomic E-state index is 0.777. The molecule has 0 unspecified atom stereocenters. The first-order valence-electron chi connectivity index (χ1n) is 5.70. The van der Waals surface area contributed by atoms with Crippen LogP contribution in [-0.2, 0) is 0 Å². The van der Waals surface area contributed by atoms with Gasteiger partial charge in [-0.15, -0.1) is 0 Å². The quantitative estimate of drug-likeness (QED) is 0.550. The van der Waals surface area contributed by atoms with E-state index in [2.05, 4.69) is 21.4 Å². The van der Waals surface area contributed by atoms with Gasteiger partial charge in [0, 0.05) is 10.9 Å². The standard InChI is InChI=1S/C14H9N3O/c1-2-6-12-10(4-1)14(17-16-12)9-5-3-7-13-11(9)8-15-18-13/h1-8H,(H,16,17). The number of benzene rings is 2. The van der Waals surface area contributed by atoms with Crippen LogP contribution >= 0.6 is 0 Å². The fraction of sp³-hybridized carbons (Fsp3) is 0. The highest BCUT2D eigenvalue weighted by atomic mass is 16.5. The second-order valence-electron chi connectivity index (χ2n) is 4.16. The molecule has 4 rings (SSSR count). The molecule has 2 heterocycles. The fourth-order valence-corrected chi connectivity index (χ4v) is 2.27. The molecule has 0 fully saturated rings. The molecule has 4 nitrogen and oxygen atoms in total. The van der Waals surface area contributed by atoms with Crippen molar-refractivity contribution in [3.05, 3.63) is 48.7 Å². The lowest BCUT2D eigenvalue weighted by Gasteiger charge is -1.98. The number of H-pyrrole nitrogens is 1. The minimum Gasteiger partial charge on any atom is -0.356 e. The van der Waals surface area contributed by atoms with Crippen molar-refractivity contribution >= 4 is 21.9 Å². The predicted molar refractivity (Wildman–Crippen MR) is 69.1 cm³/mol. The first kappa shape index (κ1) is 9.41. The Morgan fingerprint density at radius 2 is 1.89 bits per heavy atom. The Balaban J connectivity index is 2.10. The zero-order chi connectivity index (χ0) is 11.9. The molecule has 4 heteroatoms. The summed E-state index contributed by atoms with van der Waals surface area (Å²) in [6.45, 7) is 0. The average Bonchev–Trinajstić information content (AvgIpc) is 3.05. The summed E-state index contributed by atoms with van der Waals surface area (Å²) in [7, 11) is 0. The molecule has 4 aromatic rings. The summed E-state index contributed by atoms with van der Waals surface area (Å²) in [5.41, 5.74) is 3.77. The van der Waals surface area contributed by atoms with E-state index in [9.17, 15) is 0 Å². The summed E-state index contributed by atoms with van der Waals surface area (Å²) in [6.07, 6.45) is 1.73. The van der Waals surface area contributed by atoms with Crippen molar-refractivity contribution in [3.8, 4) is 11.3 Å². The summed E-state index contributed by atoms with van der Waals surface area (Å²) >= 11 is 0. The van der Waals surface area contributed by atoms with E-state index in [4.69, 9.17) is 4.52 Å². The highest BCUT2D eigenvalue weighted by Gasteiger charge is 2.12. The molecule has 0 saturated heterocycles. The monoisotopic (exact) mass is 235 g/mol. The number of nitrogens with zero attached hydrogens (tertiary/aromatic N) is 2. The Kier molecular flexibility index (Phi) is 1.80. The molecule has 18 heavy (non-hydrogen) atoms. The number of nitrogens with one attached hydrogen (secondary N) is 1. The van der Waals surface area contributed by atoms with Crippen LogP contribution in [0.15, 0.2) is 53.2 Å². The van der Waals surface area contributed by atoms with E-state index in [1.807, 2.05) is 36.4 Å². The lowest BCUT2D eigenvalue weighted by Crippen LogP contribution is -1.79. The van der Waals surface area contributed by atoms with Gasteiger partial charge in [0.15, 0.2) is 5.58 Å². The molecule has 0 atom stereocenters. The second-order valence-corrected chi connectivity index (χ2v) is 4.16. The van der Waals surface area contributed by atoms with Crippen molar-refractivity contribution < 1.29 is 4.52 Å². The maximum absolute atomic E-state index is 5.18. The van der Waals surface area contributed by atoms with Crippen LogP contribution in [-0.4, -0.2) is 15.4 Å². The second kappa shape index (κ2) is 3.43. The lowest BCUT2D eigenvalue weighted by molar-refractivity contribution is 0.456. The van der Waals surface area contributed by atoms with Gasteiger partial charge in [0.25, 0.3) is 0 Å². The van der Waals surface area contributed by atoms with E-state index >= 15 is 0 Å². The summed E-state index contributed by atoms with van der Waals surface area (Å²) in [4.78, 5) is 0. The van der Waals surface area contributed by atoms with Gasteiger partial charge in [0.2, 0.25) is 0 Å². The van der Waals surface area contributed by atoms with Crippen LogP contribution < -0.4 is 0 Å². The molecular formula is C14H9N3O. The third-order valence-electron chi connectivity index (χ3n) is 3.12. The first-order valence-corrected chi connectivity index (χ1v) is 5.70. The van der Waals surface area contributed by atoms with E-state index in [-0.39, 0.29) is 0 Å². The predicted octanol–water partition coefficient (Wildman–Crippen LogP) is 3.37. The topological polar surface area (TPSA) is 54.7 Å². The van der Waals surface area contributed by atoms with Gasteiger partial charge in [-0.05, 0) is 12.1 Å². The van der Waals surface area contributed by atoms with Crippen molar-refractivity contribution in [1.82, 2.24) is 15.4 Å². The van der Waals surface area contributed by atoms with Crippen LogP contribution in [0.2, 0.25) is 0 Å². The number of hydrogen-bond donors (Lipinski definition) is 1. The van der Waals surface area contributed by atoms with E-state index in [1.165, 1.54) is 0 Å². The van der Waals surface area contributed by atoms with Gasteiger partial charge in [0.1, 0.15) is 5.69 Å². The number of hydrogen-bond acceptors (Lipinski definition) is 3. The molecule has 0 aliphatic rings. The van der Waals surface area contributed by atoms with Gasteiger partial charge in [-0.3, -0.25) is 5.10 Å². The van der Waals surface area contributed by atoms with Gasteiger partial charge in [0.05, 0.1) is 17.1 Å². The van der Waals surface area contributed by atoms with Gasteiger partial charge in [-0.1, -0.05) is 35.5 Å². The third-order valence-corrected chi connectivity index (χ3v) is 3.12. The van der Waals surface area contributed by atoms with Crippen LogP contribution in [0.4, 0.5) is 0 Å². The number of aromatic amines is 1. The van der Waals surface area contributed by atoms with Crippen LogP contribution in [0.3, 0.4) is 0 Å². The summed E-state index contributed by atoms with van der Waals surface area (Å²) in [5.74, 6) is 0. The zero-order valence-electron chi connectivity index (χ0n) is 9.42. The lowest BCUT2D eigenvalue weighted by atomic mass is 10.0. The van der Waals surface area contributed by atoms with Crippen molar-refractivity contribution in [1.29, 1.82) is 0 Å². The van der Waals surface area contributed by atoms with Gasteiger partial charge in [-0.2, -0.15) is 5.10 Å². The number of rotatable bonds is 1. The molecule has 2 aromatic heterocycles. The van der Waals surface area contributed by atoms with Crippen molar-refractivity contribution in [2.24, 2.45) is 0 Å². The largest absolute Gasteiger partial charge is 0.356 e. The van der Waals surface area contributed by atoms with Crippen LogP contribution in [0.1, 0.15) is 0 Å². The molecule has 0 amide bonds. The molecular weight excluding hydrogens is 226 g/mol. The van der Waals surface area contributed by atoms with Crippen LogP contribution in [0.25, 0.3) is 33.1 Å². The molecule has 0 saturated carbocycles. The van der Waals surface area contributed by atoms with E-state index in [1.54, 1.807) is 6.20 Å². The molecule has 86 valence electrons. The molecule has 0 spiro atoms. The molecule has 0 bridgehead atoms. The Morgan fingerprint density at radius 3 is 2.89 bits per heavy atom. The molecule has 0 aliphatic carbocycles. The highest BCUT2D eigenvalue weighted by Crippen LogP contribution is 2.31. The molecule has 0 radical (unpaired) electrons. The Morgan fingerprint density at radius 1 is 0.944 bits per heavy atom. The Hall–Kier alpha value is -2.62. The van der Waals surface area contributed by atoms with E-state index in [0.717, 1.165) is 33.1 Å². The number of aromatic nitrogens is 3. The number of para-hydroxylation sites is 1. The summed E-state index contributed by atoms with van der Waals surface area (Å²) in [6, 6.07) is 14.0. The normalized spacial score (nSPS) is 11.3. The van der Waals surface area contributed by atoms with Crippen molar-refractivity contribution in [2.45, 2.75) is 0 Å². The van der Waals surface area contributed by atoms with Crippen LogP contribution in [0, 0.1) is 0 Å². The van der Waals surface area contributed by atoms with E-state index in [0.29, 0.717) is 0 Å². The zero-order valence-corrected chi connectivity index (χ0v) is 9.42. The molecule has 1 N–H and O–H groups in total. The van der Waals surface area contributed by atoms with Crippen molar-refractivity contribution in [3.63, 3.8) is 0 Å². The van der Waals surface area contributed by atoms with Gasteiger partial charge < -0.3 is 4.52 Å². The van der Waals surface area contributed by atoms with Crippen LogP contribution in [0.5, 0.6) is 0 Å². The summed E-state index contributed by atoms with van der Waals surface area (Å²) in [5, 5.41) is 13.4. The molecule has 2 aromatic carbocycles. The Labute approximate surface area is 102 Å². The fourth-order valence-electron chi connectivity index (χ4n) is 2.27. The highest BCUT2D eigenvalue weighted by molar-refractivity contribution is 6.01. The first-order chi connectivity index (χ1) is 8.93.